The predicted molar refractivity (Wildman–Crippen MR) is 148 cm³/mol. The van der Waals surface area contributed by atoms with Gasteiger partial charge in [0.15, 0.2) is 35.0 Å². The van der Waals surface area contributed by atoms with E-state index in [0.717, 1.165) is 25.3 Å². The second-order valence-electron chi connectivity index (χ2n) is 10.6. The van der Waals surface area contributed by atoms with E-state index in [1.807, 2.05) is 0 Å². The summed E-state index contributed by atoms with van der Waals surface area (Å²) in [6, 6.07) is 4.20. The standard InChI is InChI=1S/C28H32O18/c1-41-24-11(33)5-12-15(18(24)36)19(37)26(23(42-12)8-2-3-9(31)10(32)4-8)46-28-22(40)25(17(35)14(7-30)44-28)45-27-21(39)20(38)16(34)13(6-29)43-27/h2-5,13-14,16-17,20-22,25,27-36,38-40H,6-7H2,1H3/t13-,14-,16-,17-,20+,21-,22-,25+,27+,28+/m0/s1. The Balaban J connectivity index is 1.58. The molecule has 46 heavy (non-hydrogen) atoms. The fourth-order valence-electron chi connectivity index (χ4n) is 5.21. The van der Waals surface area contributed by atoms with Crippen LogP contribution in [0.3, 0.4) is 0 Å². The quantitative estimate of drug-likeness (QED) is 0.110. The maximum Gasteiger partial charge on any atom is 0.239 e. The van der Waals surface area contributed by atoms with Crippen LogP contribution in [0.5, 0.6) is 34.5 Å². The van der Waals surface area contributed by atoms with E-state index < -0.39 is 126 Å². The number of phenolic OH excluding ortho intramolecular Hbond substituents is 4. The minimum absolute atomic E-state index is 0.0859. The van der Waals surface area contributed by atoms with Gasteiger partial charge in [0, 0.05) is 11.6 Å². The van der Waals surface area contributed by atoms with Crippen LogP contribution in [0.25, 0.3) is 22.3 Å². The third kappa shape index (κ3) is 5.75. The summed E-state index contributed by atoms with van der Waals surface area (Å²) >= 11 is 0. The molecule has 3 aromatic rings. The van der Waals surface area contributed by atoms with Crippen molar-refractivity contribution in [2.75, 3.05) is 20.3 Å². The van der Waals surface area contributed by atoms with Crippen LogP contribution in [0.2, 0.25) is 0 Å². The van der Waals surface area contributed by atoms with Gasteiger partial charge in [-0.25, -0.2) is 0 Å². The molecular formula is C28H32O18. The van der Waals surface area contributed by atoms with Crippen molar-refractivity contribution >= 4 is 11.0 Å². The van der Waals surface area contributed by atoms with Crippen molar-refractivity contribution < 1.29 is 84.3 Å². The summed E-state index contributed by atoms with van der Waals surface area (Å²) in [7, 11) is 1.11. The third-order valence-corrected chi connectivity index (χ3v) is 7.69. The normalized spacial score (nSPS) is 31.6. The second kappa shape index (κ2) is 13.0. The number of fused-ring (bicyclic) bond motifs is 1. The largest absolute Gasteiger partial charge is 0.504 e. The lowest BCUT2D eigenvalue weighted by Gasteiger charge is -2.45. The van der Waals surface area contributed by atoms with Crippen LogP contribution < -0.4 is 14.9 Å². The van der Waals surface area contributed by atoms with E-state index in [-0.39, 0.29) is 11.1 Å². The van der Waals surface area contributed by atoms with Gasteiger partial charge in [-0.15, -0.1) is 0 Å². The van der Waals surface area contributed by atoms with Crippen LogP contribution in [-0.4, -0.2) is 138 Å². The van der Waals surface area contributed by atoms with Crippen molar-refractivity contribution in [3.8, 4) is 45.8 Å². The molecule has 0 amide bonds. The molecule has 0 saturated carbocycles. The zero-order chi connectivity index (χ0) is 33.6. The maximum absolute atomic E-state index is 13.9. The molecule has 0 unspecified atom stereocenters. The Bertz CT molecular complexity index is 1620. The molecule has 10 atom stereocenters. The highest BCUT2D eigenvalue weighted by Gasteiger charge is 2.51. The first-order chi connectivity index (χ1) is 21.8. The van der Waals surface area contributed by atoms with Crippen molar-refractivity contribution in [3.63, 3.8) is 0 Å². The molecule has 2 aliphatic rings. The van der Waals surface area contributed by atoms with Crippen LogP contribution in [0, 0.1) is 0 Å². The molecular weight excluding hydrogens is 624 g/mol. The molecule has 18 heteroatoms. The number of methoxy groups -OCH3 is 1. The molecule has 252 valence electrons. The Morgan fingerprint density at radius 3 is 2.02 bits per heavy atom. The van der Waals surface area contributed by atoms with Crippen molar-refractivity contribution in [3.05, 3.63) is 34.5 Å². The van der Waals surface area contributed by atoms with Gasteiger partial charge in [0.05, 0.1) is 20.3 Å². The first kappa shape index (κ1) is 33.4. The van der Waals surface area contributed by atoms with Crippen molar-refractivity contribution in [1.82, 2.24) is 0 Å². The number of phenols is 4. The SMILES string of the molecule is COc1c(O)cc2oc(-c3ccc(O)c(O)c3)c(O[C@H]3O[C@@H](CO)[C@H](O)[C@@H](O[C@H]4O[C@@H](CO)[C@H](O)[C@@H](O)[C@@H]4O)[C@@H]3O)c(=O)c2c1O. The van der Waals surface area contributed by atoms with E-state index in [9.17, 15) is 61.0 Å². The molecule has 2 aromatic carbocycles. The monoisotopic (exact) mass is 656 g/mol. The molecule has 2 fully saturated rings. The van der Waals surface area contributed by atoms with E-state index in [1.54, 1.807) is 0 Å². The number of aliphatic hydroxyl groups is 7. The lowest BCUT2D eigenvalue weighted by molar-refractivity contribution is -0.352. The summed E-state index contributed by atoms with van der Waals surface area (Å²) in [5.74, 6) is -4.37. The summed E-state index contributed by atoms with van der Waals surface area (Å²) in [4.78, 5) is 13.9. The Kier molecular flexibility index (Phi) is 9.47. The molecule has 0 bridgehead atoms. The second-order valence-corrected chi connectivity index (χ2v) is 10.6. The first-order valence-corrected chi connectivity index (χ1v) is 13.7. The number of ether oxygens (including phenoxy) is 5. The Morgan fingerprint density at radius 2 is 1.39 bits per heavy atom. The fraction of sp³-hybridized carbons (Fsp3) is 0.464. The number of rotatable bonds is 8. The zero-order valence-corrected chi connectivity index (χ0v) is 23.8. The summed E-state index contributed by atoms with van der Waals surface area (Å²) in [5, 5.41) is 112. The highest BCUT2D eigenvalue weighted by molar-refractivity contribution is 5.91. The number of aliphatic hydroxyl groups excluding tert-OH is 7. The van der Waals surface area contributed by atoms with E-state index in [2.05, 4.69) is 0 Å². The van der Waals surface area contributed by atoms with Gasteiger partial charge in [0.1, 0.15) is 59.8 Å². The maximum atomic E-state index is 13.9. The highest BCUT2D eigenvalue weighted by atomic mass is 16.7. The van der Waals surface area contributed by atoms with Gasteiger partial charge in [0.25, 0.3) is 0 Å². The van der Waals surface area contributed by atoms with E-state index in [0.29, 0.717) is 0 Å². The minimum atomic E-state index is -2.07. The number of benzene rings is 2. The van der Waals surface area contributed by atoms with Gasteiger partial charge in [0.2, 0.25) is 23.2 Å². The molecule has 0 spiro atoms. The topological polar surface area (TPSA) is 299 Å². The molecule has 5 rings (SSSR count). The molecule has 2 aliphatic heterocycles. The molecule has 2 saturated heterocycles. The summed E-state index contributed by atoms with van der Waals surface area (Å²) in [6.45, 7) is -1.71. The number of hydrogen-bond acceptors (Lipinski definition) is 18. The smallest absolute Gasteiger partial charge is 0.239 e. The average molecular weight is 657 g/mol. The molecule has 11 N–H and O–H groups in total. The predicted octanol–water partition coefficient (Wildman–Crippen LogP) is -2.71. The fourth-order valence-corrected chi connectivity index (χ4v) is 5.21. The summed E-state index contributed by atoms with van der Waals surface area (Å²) < 4.78 is 32.8. The van der Waals surface area contributed by atoms with Gasteiger partial charge in [-0.05, 0) is 18.2 Å². The Morgan fingerprint density at radius 1 is 0.739 bits per heavy atom. The van der Waals surface area contributed by atoms with Crippen LogP contribution >= 0.6 is 0 Å². The zero-order valence-electron chi connectivity index (χ0n) is 23.8. The van der Waals surface area contributed by atoms with E-state index in [1.165, 1.54) is 6.07 Å². The molecule has 18 nitrogen and oxygen atoms in total. The minimum Gasteiger partial charge on any atom is -0.504 e. The van der Waals surface area contributed by atoms with Crippen molar-refractivity contribution in [2.24, 2.45) is 0 Å². The van der Waals surface area contributed by atoms with Crippen molar-refractivity contribution in [2.45, 2.75) is 61.4 Å². The van der Waals surface area contributed by atoms with Gasteiger partial charge < -0.3 is 84.3 Å². The van der Waals surface area contributed by atoms with Crippen molar-refractivity contribution in [1.29, 1.82) is 0 Å². The first-order valence-electron chi connectivity index (χ1n) is 13.7. The summed E-state index contributed by atoms with van der Waals surface area (Å²) in [6.07, 6.45) is -18.1. The lowest BCUT2D eigenvalue weighted by atomic mass is 9.97. The average Bonchev–Trinajstić information content (AvgIpc) is 3.02. The van der Waals surface area contributed by atoms with E-state index >= 15 is 0 Å². The van der Waals surface area contributed by atoms with Crippen LogP contribution in [0.4, 0.5) is 0 Å². The third-order valence-electron chi connectivity index (χ3n) is 7.69. The summed E-state index contributed by atoms with van der Waals surface area (Å²) in [5.41, 5.74) is -1.58. The molecule has 0 aliphatic carbocycles. The highest BCUT2D eigenvalue weighted by Crippen LogP contribution is 2.44. The molecule has 1 aromatic heterocycles. The van der Waals surface area contributed by atoms with Crippen LogP contribution in [-0.2, 0) is 14.2 Å². The van der Waals surface area contributed by atoms with Gasteiger partial charge >= 0.3 is 0 Å². The van der Waals surface area contributed by atoms with Crippen LogP contribution in [0.1, 0.15) is 0 Å². The molecule has 0 radical (unpaired) electrons. The van der Waals surface area contributed by atoms with Gasteiger partial charge in [-0.1, -0.05) is 0 Å². The van der Waals surface area contributed by atoms with Gasteiger partial charge in [-0.3, -0.25) is 4.79 Å². The Hall–Kier alpha value is -3.95. The van der Waals surface area contributed by atoms with E-state index in [4.69, 9.17) is 28.1 Å². The lowest BCUT2D eigenvalue weighted by Crippen LogP contribution is -2.65. The van der Waals surface area contributed by atoms with Crippen LogP contribution in [0.15, 0.2) is 33.5 Å². The van der Waals surface area contributed by atoms with Gasteiger partial charge in [-0.2, -0.15) is 0 Å². The number of hydrogen-bond donors (Lipinski definition) is 11. The molecule has 3 heterocycles. The number of aromatic hydroxyl groups is 4. The Labute approximate surface area is 257 Å².